The van der Waals surface area contributed by atoms with E-state index in [2.05, 4.69) is 71.3 Å². The summed E-state index contributed by atoms with van der Waals surface area (Å²) in [4.78, 5) is 18.9. The summed E-state index contributed by atoms with van der Waals surface area (Å²) in [5, 5.41) is 4.58. The summed E-state index contributed by atoms with van der Waals surface area (Å²) in [7, 11) is 1.85. The highest BCUT2D eigenvalue weighted by Gasteiger charge is 2.36. The lowest BCUT2D eigenvalue weighted by atomic mass is 9.83. The van der Waals surface area contributed by atoms with Crippen molar-refractivity contribution < 1.29 is 14.3 Å². The average Bonchev–Trinajstić information content (AvgIpc) is 3.37. The topological polar surface area (TPSA) is 62.6 Å². The number of amides is 1. The van der Waals surface area contributed by atoms with Gasteiger partial charge in [0.15, 0.2) is 0 Å². The highest BCUT2D eigenvalue weighted by Crippen LogP contribution is 2.38. The SMILES string of the molecule is COC1(c2ccc(-c3cc4c(N5CCN(C(=O)OC(C)C)CC5)ccnn4c3)cc2)CCN(C(C)C)CC1. The lowest BCUT2D eigenvalue weighted by Gasteiger charge is -2.42. The van der Waals surface area contributed by atoms with Crippen LogP contribution in [0, 0.1) is 0 Å². The summed E-state index contributed by atoms with van der Waals surface area (Å²) in [5.41, 5.74) is 5.54. The molecule has 1 amide bonds. The van der Waals surface area contributed by atoms with Crippen LogP contribution in [0.1, 0.15) is 46.1 Å². The number of aromatic nitrogens is 2. The second-order valence-corrected chi connectivity index (χ2v) is 11.1. The lowest BCUT2D eigenvalue weighted by Crippen LogP contribution is -2.49. The van der Waals surface area contributed by atoms with Gasteiger partial charge in [-0.25, -0.2) is 9.31 Å². The van der Waals surface area contributed by atoms with E-state index in [1.54, 1.807) is 4.90 Å². The molecule has 2 aliphatic heterocycles. The van der Waals surface area contributed by atoms with Gasteiger partial charge in [-0.3, -0.25) is 0 Å². The molecule has 3 aromatic rings. The predicted molar refractivity (Wildman–Crippen MR) is 151 cm³/mol. The number of piperazine rings is 1. The number of benzene rings is 1. The Balaban J connectivity index is 1.32. The molecule has 2 aliphatic rings. The second kappa shape index (κ2) is 10.9. The average molecular weight is 520 g/mol. The van der Waals surface area contributed by atoms with Crippen LogP contribution in [0.4, 0.5) is 10.5 Å². The molecular weight excluding hydrogens is 478 g/mol. The smallest absolute Gasteiger partial charge is 0.410 e. The first-order chi connectivity index (χ1) is 18.3. The fraction of sp³-hybridized carbons (Fsp3) is 0.533. The molecule has 2 fully saturated rings. The van der Waals surface area contributed by atoms with Crippen molar-refractivity contribution in [2.45, 2.75) is 58.3 Å². The minimum atomic E-state index is -0.228. The summed E-state index contributed by atoms with van der Waals surface area (Å²) in [6.45, 7) is 13.2. The van der Waals surface area contributed by atoms with Gasteiger partial charge in [-0.2, -0.15) is 5.10 Å². The molecule has 0 atom stereocenters. The first-order valence-electron chi connectivity index (χ1n) is 13.9. The Bertz CT molecular complexity index is 1240. The molecule has 1 aromatic carbocycles. The van der Waals surface area contributed by atoms with Crippen LogP contribution in [0.2, 0.25) is 0 Å². The zero-order chi connectivity index (χ0) is 26.9. The zero-order valence-corrected chi connectivity index (χ0v) is 23.4. The van der Waals surface area contributed by atoms with Crippen LogP contribution in [-0.4, -0.2) is 84.0 Å². The van der Waals surface area contributed by atoms with Crippen LogP contribution in [0.25, 0.3) is 16.6 Å². The molecule has 8 nitrogen and oxygen atoms in total. The van der Waals surface area contributed by atoms with E-state index in [-0.39, 0.29) is 17.8 Å². The van der Waals surface area contributed by atoms with Crippen LogP contribution >= 0.6 is 0 Å². The van der Waals surface area contributed by atoms with Gasteiger partial charge in [0.25, 0.3) is 0 Å². The van der Waals surface area contributed by atoms with Crippen LogP contribution < -0.4 is 4.90 Å². The minimum absolute atomic E-state index is 0.105. The van der Waals surface area contributed by atoms with E-state index in [4.69, 9.17) is 9.47 Å². The van der Waals surface area contributed by atoms with Gasteiger partial charge in [0, 0.05) is 70.4 Å². The van der Waals surface area contributed by atoms with Crippen molar-refractivity contribution in [3.05, 3.63) is 54.4 Å². The number of piperidine rings is 1. The van der Waals surface area contributed by atoms with Crippen molar-refractivity contribution in [2.24, 2.45) is 0 Å². The molecule has 204 valence electrons. The first-order valence-corrected chi connectivity index (χ1v) is 13.9. The maximum atomic E-state index is 12.3. The molecule has 2 aromatic heterocycles. The van der Waals surface area contributed by atoms with E-state index in [0.29, 0.717) is 19.1 Å². The van der Waals surface area contributed by atoms with Gasteiger partial charge in [0.05, 0.1) is 22.9 Å². The third kappa shape index (κ3) is 5.24. The Morgan fingerprint density at radius 2 is 1.61 bits per heavy atom. The summed E-state index contributed by atoms with van der Waals surface area (Å²) < 4.78 is 13.5. The number of nitrogens with zero attached hydrogens (tertiary/aromatic N) is 5. The van der Waals surface area contributed by atoms with Crippen molar-refractivity contribution in [1.29, 1.82) is 0 Å². The van der Waals surface area contributed by atoms with Crippen molar-refractivity contribution in [3.63, 3.8) is 0 Å². The number of likely N-dealkylation sites (tertiary alicyclic amines) is 1. The van der Waals surface area contributed by atoms with Crippen LogP contribution in [-0.2, 0) is 15.1 Å². The highest BCUT2D eigenvalue weighted by atomic mass is 16.6. The lowest BCUT2D eigenvalue weighted by molar-refractivity contribution is -0.0669. The Morgan fingerprint density at radius 3 is 2.21 bits per heavy atom. The maximum absolute atomic E-state index is 12.3. The van der Waals surface area contributed by atoms with Crippen LogP contribution in [0.15, 0.2) is 48.8 Å². The number of fused-ring (bicyclic) bond motifs is 1. The molecule has 0 N–H and O–H groups in total. The van der Waals surface area contributed by atoms with Crippen molar-refractivity contribution >= 4 is 17.3 Å². The Labute approximate surface area is 226 Å². The van der Waals surface area contributed by atoms with E-state index in [1.165, 1.54) is 5.56 Å². The number of hydrogen-bond acceptors (Lipinski definition) is 6. The van der Waals surface area contributed by atoms with Crippen molar-refractivity contribution in [1.82, 2.24) is 19.4 Å². The summed E-state index contributed by atoms with van der Waals surface area (Å²) in [6.07, 6.45) is 5.62. The third-order valence-corrected chi connectivity index (χ3v) is 8.17. The van der Waals surface area contributed by atoms with Gasteiger partial charge in [-0.05, 0) is 63.8 Å². The number of rotatable bonds is 6. The number of carbonyl (C=O) groups is 1. The van der Waals surface area contributed by atoms with E-state index >= 15 is 0 Å². The Hall–Kier alpha value is -3.10. The molecule has 0 radical (unpaired) electrons. The Morgan fingerprint density at radius 1 is 0.921 bits per heavy atom. The van der Waals surface area contributed by atoms with Gasteiger partial charge in [-0.1, -0.05) is 24.3 Å². The molecule has 0 bridgehead atoms. The van der Waals surface area contributed by atoms with E-state index < -0.39 is 0 Å². The maximum Gasteiger partial charge on any atom is 0.410 e. The monoisotopic (exact) mass is 519 g/mol. The molecule has 38 heavy (non-hydrogen) atoms. The molecule has 0 unspecified atom stereocenters. The molecule has 0 saturated carbocycles. The minimum Gasteiger partial charge on any atom is -0.447 e. The van der Waals surface area contributed by atoms with Crippen LogP contribution in [0.5, 0.6) is 0 Å². The van der Waals surface area contributed by atoms with Gasteiger partial charge < -0.3 is 24.2 Å². The highest BCUT2D eigenvalue weighted by molar-refractivity contribution is 5.80. The first kappa shape index (κ1) is 26.5. The quantitative estimate of drug-likeness (QED) is 0.456. The Kier molecular flexibility index (Phi) is 7.63. The summed E-state index contributed by atoms with van der Waals surface area (Å²) in [5.74, 6) is 0. The standard InChI is InChI=1S/C30H41N5O3/c1-22(2)32-14-11-30(37-5,12-15-32)26-8-6-24(7-9-26)25-20-28-27(10-13-31-35(28)21-25)33-16-18-34(19-17-33)29(36)38-23(3)4/h6-10,13,20-23H,11-12,14-19H2,1-5H3. The normalized spacial score (nSPS) is 18.5. The fourth-order valence-electron chi connectivity index (χ4n) is 5.81. The van der Waals surface area contributed by atoms with Crippen LogP contribution in [0.3, 0.4) is 0 Å². The largest absolute Gasteiger partial charge is 0.447 e. The molecule has 4 heterocycles. The van der Waals surface area contributed by atoms with Crippen molar-refractivity contribution in [3.8, 4) is 11.1 Å². The number of carbonyl (C=O) groups excluding carboxylic acids is 1. The van der Waals surface area contributed by atoms with Crippen molar-refractivity contribution in [2.75, 3.05) is 51.3 Å². The number of ether oxygens (including phenoxy) is 2. The number of hydrogen-bond donors (Lipinski definition) is 0. The fourth-order valence-corrected chi connectivity index (χ4v) is 5.81. The molecule has 2 saturated heterocycles. The molecule has 8 heteroatoms. The zero-order valence-electron chi connectivity index (χ0n) is 23.4. The van der Waals surface area contributed by atoms with Gasteiger partial charge in [0.2, 0.25) is 0 Å². The van der Waals surface area contributed by atoms with E-state index in [9.17, 15) is 4.79 Å². The molecular formula is C30H41N5O3. The predicted octanol–water partition coefficient (Wildman–Crippen LogP) is 5.01. The van der Waals surface area contributed by atoms with Gasteiger partial charge >= 0.3 is 6.09 Å². The third-order valence-electron chi connectivity index (χ3n) is 8.17. The second-order valence-electron chi connectivity index (χ2n) is 11.1. The molecule has 0 aliphatic carbocycles. The van der Waals surface area contributed by atoms with Gasteiger partial charge in [-0.15, -0.1) is 0 Å². The van der Waals surface area contributed by atoms with E-state index in [1.807, 2.05) is 31.7 Å². The van der Waals surface area contributed by atoms with Gasteiger partial charge in [0.1, 0.15) is 0 Å². The number of methoxy groups -OCH3 is 1. The molecule has 0 spiro atoms. The summed E-state index contributed by atoms with van der Waals surface area (Å²) in [6, 6.07) is 13.7. The summed E-state index contributed by atoms with van der Waals surface area (Å²) >= 11 is 0. The van der Waals surface area contributed by atoms with E-state index in [0.717, 1.165) is 61.4 Å². The number of anilines is 1. The molecule has 5 rings (SSSR count).